The maximum Gasteiger partial charge on any atom is 0.179 e. The molecule has 0 saturated heterocycles. The molecule has 0 saturated carbocycles. The van der Waals surface area contributed by atoms with E-state index in [1.807, 2.05) is 19.1 Å². The van der Waals surface area contributed by atoms with E-state index in [9.17, 15) is 0 Å². The molecular formula is C14H21ClN2O2. The van der Waals surface area contributed by atoms with Crippen molar-refractivity contribution in [1.29, 1.82) is 0 Å². The highest BCUT2D eigenvalue weighted by molar-refractivity contribution is 6.33. The summed E-state index contributed by atoms with van der Waals surface area (Å²) >= 11 is 6.36. The Labute approximate surface area is 119 Å². The average Bonchev–Trinajstić information content (AvgIpc) is 2.40. The van der Waals surface area contributed by atoms with Gasteiger partial charge in [-0.2, -0.15) is 0 Å². The van der Waals surface area contributed by atoms with Gasteiger partial charge in [-0.15, -0.1) is 0 Å². The van der Waals surface area contributed by atoms with E-state index in [4.69, 9.17) is 26.8 Å². The second-order valence-electron chi connectivity index (χ2n) is 4.33. The number of hydrogen-bond donors (Lipinski definition) is 2. The van der Waals surface area contributed by atoms with Gasteiger partial charge >= 0.3 is 0 Å². The molecule has 0 aliphatic rings. The third-order valence-electron chi connectivity index (χ3n) is 2.78. The molecular weight excluding hydrogens is 264 g/mol. The highest BCUT2D eigenvalue weighted by Crippen LogP contribution is 2.39. The van der Waals surface area contributed by atoms with E-state index in [1.165, 1.54) is 0 Å². The number of nitrogens with two attached hydrogens (primary N) is 1. The van der Waals surface area contributed by atoms with Gasteiger partial charge in [0.05, 0.1) is 19.2 Å². The first-order valence-electron chi connectivity index (χ1n) is 6.03. The fraction of sp³-hybridized carbons (Fsp3) is 0.429. The summed E-state index contributed by atoms with van der Waals surface area (Å²) in [4.78, 5) is 0. The topological polar surface area (TPSA) is 56.5 Å². The molecule has 3 N–H and O–H groups in total. The lowest BCUT2D eigenvalue weighted by atomic mass is 10.1. The van der Waals surface area contributed by atoms with Crippen LogP contribution in [0.1, 0.15) is 18.5 Å². The predicted octanol–water partition coefficient (Wildman–Crippen LogP) is 2.52. The fourth-order valence-electron chi connectivity index (χ4n) is 1.79. The van der Waals surface area contributed by atoms with E-state index in [-0.39, 0.29) is 6.04 Å². The summed E-state index contributed by atoms with van der Waals surface area (Å²) in [7, 11) is 3.14. The van der Waals surface area contributed by atoms with Crippen molar-refractivity contribution in [3.05, 3.63) is 34.9 Å². The summed E-state index contributed by atoms with van der Waals surface area (Å²) in [6.07, 6.45) is 0. The number of rotatable bonds is 7. The Bertz CT molecular complexity index is 449. The third kappa shape index (κ3) is 3.86. The van der Waals surface area contributed by atoms with Crippen LogP contribution in [0, 0.1) is 0 Å². The van der Waals surface area contributed by atoms with Gasteiger partial charge in [-0.3, -0.25) is 0 Å². The van der Waals surface area contributed by atoms with Crippen molar-refractivity contribution < 1.29 is 9.47 Å². The SMILES string of the molecule is C=C(C)CNC(CN)c1ccc(OC)c(OC)c1Cl. The van der Waals surface area contributed by atoms with Gasteiger partial charge in [0.1, 0.15) is 0 Å². The molecule has 4 nitrogen and oxygen atoms in total. The Kier molecular flexibility index (Phi) is 6.15. The number of ether oxygens (including phenoxy) is 2. The number of benzene rings is 1. The van der Waals surface area contributed by atoms with Gasteiger partial charge in [-0.05, 0) is 18.6 Å². The van der Waals surface area contributed by atoms with Crippen molar-refractivity contribution in [3.8, 4) is 11.5 Å². The first-order chi connectivity index (χ1) is 9.04. The van der Waals surface area contributed by atoms with E-state index in [2.05, 4.69) is 11.9 Å². The number of hydrogen-bond acceptors (Lipinski definition) is 4. The molecule has 0 heterocycles. The van der Waals surface area contributed by atoms with Crippen LogP contribution in [0.3, 0.4) is 0 Å². The molecule has 1 atom stereocenters. The highest BCUT2D eigenvalue weighted by atomic mass is 35.5. The second kappa shape index (κ2) is 7.38. The van der Waals surface area contributed by atoms with Crippen LogP contribution in [0.2, 0.25) is 5.02 Å². The molecule has 0 aliphatic carbocycles. The summed E-state index contributed by atoms with van der Waals surface area (Å²) in [5, 5.41) is 3.83. The number of halogens is 1. The Balaban J connectivity index is 3.07. The molecule has 0 fully saturated rings. The van der Waals surface area contributed by atoms with Crippen molar-refractivity contribution in [2.24, 2.45) is 5.73 Å². The first kappa shape index (κ1) is 15.8. The van der Waals surface area contributed by atoms with Gasteiger partial charge in [0.2, 0.25) is 0 Å². The molecule has 1 unspecified atom stereocenters. The van der Waals surface area contributed by atoms with E-state index in [1.54, 1.807) is 14.2 Å². The van der Waals surface area contributed by atoms with Crippen molar-refractivity contribution in [3.63, 3.8) is 0 Å². The van der Waals surface area contributed by atoms with Crippen LogP contribution < -0.4 is 20.5 Å². The van der Waals surface area contributed by atoms with Crippen LogP contribution in [-0.4, -0.2) is 27.3 Å². The number of methoxy groups -OCH3 is 2. The Hall–Kier alpha value is -1.23. The molecule has 5 heteroatoms. The Morgan fingerprint density at radius 1 is 1.42 bits per heavy atom. The molecule has 0 radical (unpaired) electrons. The number of nitrogens with one attached hydrogen (secondary N) is 1. The van der Waals surface area contributed by atoms with Crippen molar-refractivity contribution in [2.75, 3.05) is 27.3 Å². The van der Waals surface area contributed by atoms with Gasteiger partial charge in [0, 0.05) is 19.1 Å². The van der Waals surface area contributed by atoms with Gasteiger partial charge in [-0.1, -0.05) is 29.8 Å². The highest BCUT2D eigenvalue weighted by Gasteiger charge is 2.18. The molecule has 106 valence electrons. The van der Waals surface area contributed by atoms with Crippen LogP contribution in [0.15, 0.2) is 24.3 Å². The van der Waals surface area contributed by atoms with Gasteiger partial charge < -0.3 is 20.5 Å². The summed E-state index contributed by atoms with van der Waals surface area (Å²) in [5.74, 6) is 1.13. The Morgan fingerprint density at radius 2 is 2.11 bits per heavy atom. The average molecular weight is 285 g/mol. The molecule has 0 bridgehead atoms. The first-order valence-corrected chi connectivity index (χ1v) is 6.41. The van der Waals surface area contributed by atoms with Crippen LogP contribution in [0.25, 0.3) is 0 Å². The maximum absolute atomic E-state index is 6.36. The molecule has 1 aromatic rings. The largest absolute Gasteiger partial charge is 0.493 e. The molecule has 1 aromatic carbocycles. The van der Waals surface area contributed by atoms with Crippen LogP contribution >= 0.6 is 11.6 Å². The standard InChI is InChI=1S/C14H21ClN2O2/c1-9(2)8-17-11(7-16)10-5-6-12(18-3)14(19-4)13(10)15/h5-6,11,17H,1,7-8,16H2,2-4H3. The molecule has 19 heavy (non-hydrogen) atoms. The molecule has 0 spiro atoms. The minimum absolute atomic E-state index is 0.0518. The van der Waals surface area contributed by atoms with Gasteiger partial charge in [0.15, 0.2) is 11.5 Å². The van der Waals surface area contributed by atoms with Crippen LogP contribution in [0.4, 0.5) is 0 Å². The lowest BCUT2D eigenvalue weighted by Crippen LogP contribution is -2.29. The quantitative estimate of drug-likeness (QED) is 0.756. The van der Waals surface area contributed by atoms with Crippen molar-refractivity contribution in [1.82, 2.24) is 5.32 Å². The van der Waals surface area contributed by atoms with Crippen LogP contribution in [0.5, 0.6) is 11.5 Å². The zero-order chi connectivity index (χ0) is 14.4. The third-order valence-corrected chi connectivity index (χ3v) is 3.17. The zero-order valence-electron chi connectivity index (χ0n) is 11.6. The maximum atomic E-state index is 6.36. The predicted molar refractivity (Wildman–Crippen MR) is 79.2 cm³/mol. The van der Waals surface area contributed by atoms with E-state index >= 15 is 0 Å². The lowest BCUT2D eigenvalue weighted by Gasteiger charge is -2.21. The van der Waals surface area contributed by atoms with E-state index in [0.717, 1.165) is 11.1 Å². The van der Waals surface area contributed by atoms with Gasteiger partial charge in [0.25, 0.3) is 0 Å². The minimum Gasteiger partial charge on any atom is -0.493 e. The second-order valence-corrected chi connectivity index (χ2v) is 4.71. The van der Waals surface area contributed by atoms with Crippen molar-refractivity contribution in [2.45, 2.75) is 13.0 Å². The monoisotopic (exact) mass is 284 g/mol. The molecule has 0 aliphatic heterocycles. The normalized spacial score (nSPS) is 12.1. The van der Waals surface area contributed by atoms with Crippen molar-refractivity contribution >= 4 is 11.6 Å². The summed E-state index contributed by atoms with van der Waals surface area (Å²) in [6, 6.07) is 3.67. The summed E-state index contributed by atoms with van der Waals surface area (Å²) in [5.41, 5.74) is 7.73. The smallest absolute Gasteiger partial charge is 0.179 e. The molecule has 0 amide bonds. The molecule has 0 aromatic heterocycles. The van der Waals surface area contributed by atoms with Crippen LogP contribution in [-0.2, 0) is 0 Å². The lowest BCUT2D eigenvalue weighted by molar-refractivity contribution is 0.354. The fourth-order valence-corrected chi connectivity index (χ4v) is 2.16. The minimum atomic E-state index is -0.0518. The van der Waals surface area contributed by atoms with E-state index in [0.29, 0.717) is 29.6 Å². The zero-order valence-corrected chi connectivity index (χ0v) is 12.4. The Morgan fingerprint density at radius 3 is 2.58 bits per heavy atom. The molecule has 1 rings (SSSR count). The van der Waals surface area contributed by atoms with E-state index < -0.39 is 0 Å². The summed E-state index contributed by atoms with van der Waals surface area (Å²) in [6.45, 7) is 6.93. The van der Waals surface area contributed by atoms with Gasteiger partial charge in [-0.25, -0.2) is 0 Å². The summed E-state index contributed by atoms with van der Waals surface area (Å²) < 4.78 is 10.5.